The molecule has 1 unspecified atom stereocenters. The van der Waals surface area contributed by atoms with Gasteiger partial charge in [-0.05, 0) is 36.1 Å². The van der Waals surface area contributed by atoms with Crippen molar-refractivity contribution in [2.45, 2.75) is 12.8 Å². The van der Waals surface area contributed by atoms with Gasteiger partial charge in [0.25, 0.3) is 11.6 Å². The third-order valence-corrected chi connectivity index (χ3v) is 6.08. The molecule has 2 aromatic carbocycles. The maximum absolute atomic E-state index is 12.8. The van der Waals surface area contributed by atoms with E-state index in [-0.39, 0.29) is 17.5 Å². The molecule has 2 N–H and O–H groups in total. The van der Waals surface area contributed by atoms with Gasteiger partial charge in [0.15, 0.2) is 0 Å². The normalized spacial score (nSPS) is 12.0. The number of fused-ring (bicyclic) bond motifs is 1. The van der Waals surface area contributed by atoms with Crippen LogP contribution >= 0.6 is 11.3 Å². The number of amides is 1. The summed E-state index contributed by atoms with van der Waals surface area (Å²) in [5.74, 6) is -0.332. The number of carbonyl (C=O) groups is 1. The molecule has 4 aromatic rings. The van der Waals surface area contributed by atoms with Gasteiger partial charge in [-0.25, -0.2) is 0 Å². The van der Waals surface area contributed by atoms with Crippen molar-refractivity contribution in [1.82, 2.24) is 10.3 Å². The Hall–Kier alpha value is -3.45. The Balaban J connectivity index is 1.63. The van der Waals surface area contributed by atoms with E-state index < -0.39 is 4.92 Å². The summed E-state index contributed by atoms with van der Waals surface area (Å²) in [4.78, 5) is 28.0. The molecule has 0 spiro atoms. The highest BCUT2D eigenvalue weighted by Crippen LogP contribution is 2.33. The van der Waals surface area contributed by atoms with Crippen LogP contribution in [0.5, 0.6) is 0 Å². The number of hydrogen-bond donors (Lipinski definition) is 2. The first-order valence-electron chi connectivity index (χ1n) is 9.18. The van der Waals surface area contributed by atoms with Crippen LogP contribution in [0.3, 0.4) is 0 Å². The Labute approximate surface area is 171 Å². The summed E-state index contributed by atoms with van der Waals surface area (Å²) >= 11 is 1.64. The standard InChI is InChI=1S/C22H19N3O3S/c1-14-15(7-4-9-20(14)25(27)28)22(26)24-13-18(21-10-5-11-29-21)17-12-23-19-8-3-2-6-16(17)19/h2-12,18,23H,13H2,1H3,(H,24,26). The third kappa shape index (κ3) is 3.64. The fraction of sp³-hybridized carbons (Fsp3) is 0.136. The summed E-state index contributed by atoms with van der Waals surface area (Å²) in [6.45, 7) is 1.99. The van der Waals surface area contributed by atoms with Gasteiger partial charge in [-0.1, -0.05) is 30.3 Å². The number of para-hydroxylation sites is 1. The van der Waals surface area contributed by atoms with Gasteiger partial charge in [0.2, 0.25) is 0 Å². The number of carbonyl (C=O) groups excluding carboxylic acids is 1. The molecular weight excluding hydrogens is 386 g/mol. The van der Waals surface area contributed by atoms with E-state index in [1.807, 2.05) is 35.8 Å². The number of H-pyrrole nitrogens is 1. The number of aromatic nitrogens is 1. The van der Waals surface area contributed by atoms with E-state index in [0.29, 0.717) is 17.7 Å². The van der Waals surface area contributed by atoms with E-state index in [1.165, 1.54) is 12.1 Å². The molecule has 1 atom stereocenters. The molecule has 4 rings (SSSR count). The van der Waals surface area contributed by atoms with Crippen LogP contribution < -0.4 is 5.32 Å². The van der Waals surface area contributed by atoms with Gasteiger partial charge >= 0.3 is 0 Å². The van der Waals surface area contributed by atoms with Crippen LogP contribution in [0.2, 0.25) is 0 Å². The lowest BCUT2D eigenvalue weighted by molar-refractivity contribution is -0.385. The zero-order chi connectivity index (χ0) is 20.4. The number of nitro groups is 1. The van der Waals surface area contributed by atoms with E-state index in [1.54, 1.807) is 24.3 Å². The number of nitro benzene ring substituents is 1. The average Bonchev–Trinajstić information content (AvgIpc) is 3.39. The molecule has 6 nitrogen and oxygen atoms in total. The Morgan fingerprint density at radius 2 is 2.00 bits per heavy atom. The van der Waals surface area contributed by atoms with E-state index in [2.05, 4.69) is 22.4 Å². The minimum Gasteiger partial charge on any atom is -0.361 e. The van der Waals surface area contributed by atoms with Crippen molar-refractivity contribution in [3.8, 4) is 0 Å². The lowest BCUT2D eigenvalue weighted by Crippen LogP contribution is -2.29. The van der Waals surface area contributed by atoms with Crippen LogP contribution in [-0.2, 0) is 0 Å². The monoisotopic (exact) mass is 405 g/mol. The number of thiophene rings is 1. The quantitative estimate of drug-likeness (QED) is 0.349. The maximum Gasteiger partial charge on any atom is 0.273 e. The Morgan fingerprint density at radius 1 is 1.17 bits per heavy atom. The van der Waals surface area contributed by atoms with Gasteiger partial charge in [-0.3, -0.25) is 14.9 Å². The topological polar surface area (TPSA) is 88.0 Å². The van der Waals surface area contributed by atoms with E-state index >= 15 is 0 Å². The summed E-state index contributed by atoms with van der Waals surface area (Å²) in [5.41, 5.74) is 2.80. The summed E-state index contributed by atoms with van der Waals surface area (Å²) < 4.78 is 0. The van der Waals surface area contributed by atoms with E-state index in [0.717, 1.165) is 21.3 Å². The highest BCUT2D eigenvalue weighted by molar-refractivity contribution is 7.10. The molecule has 0 aliphatic rings. The second kappa shape index (κ2) is 7.89. The van der Waals surface area contributed by atoms with Crippen LogP contribution in [0.25, 0.3) is 10.9 Å². The fourth-order valence-corrected chi connectivity index (χ4v) is 4.44. The molecule has 0 fully saturated rings. The van der Waals surface area contributed by atoms with Gasteiger partial charge in [-0.2, -0.15) is 0 Å². The van der Waals surface area contributed by atoms with Crippen LogP contribution in [0.1, 0.15) is 32.3 Å². The van der Waals surface area contributed by atoms with Crippen LogP contribution in [0, 0.1) is 17.0 Å². The number of hydrogen-bond acceptors (Lipinski definition) is 4. The molecule has 0 aliphatic heterocycles. The van der Waals surface area contributed by atoms with Crippen molar-refractivity contribution in [2.75, 3.05) is 6.54 Å². The highest BCUT2D eigenvalue weighted by atomic mass is 32.1. The van der Waals surface area contributed by atoms with Gasteiger partial charge in [0, 0.05) is 51.6 Å². The predicted molar refractivity (Wildman–Crippen MR) is 115 cm³/mol. The SMILES string of the molecule is Cc1c(C(=O)NCC(c2cccs2)c2c[nH]c3ccccc23)cccc1[N+](=O)[O-]. The Bertz CT molecular complexity index is 1180. The Morgan fingerprint density at radius 3 is 2.76 bits per heavy atom. The van der Waals surface area contributed by atoms with Crippen LogP contribution in [-0.4, -0.2) is 22.4 Å². The molecule has 2 heterocycles. The van der Waals surface area contributed by atoms with Crippen molar-refractivity contribution < 1.29 is 9.72 Å². The second-order valence-electron chi connectivity index (χ2n) is 6.77. The molecule has 0 bridgehead atoms. The summed E-state index contributed by atoms with van der Waals surface area (Å²) in [6.07, 6.45) is 1.99. The lowest BCUT2D eigenvalue weighted by atomic mass is 9.96. The number of rotatable bonds is 6. The summed E-state index contributed by atoms with van der Waals surface area (Å²) in [5, 5.41) is 17.3. The molecule has 0 radical (unpaired) electrons. The highest BCUT2D eigenvalue weighted by Gasteiger charge is 2.22. The second-order valence-corrected chi connectivity index (χ2v) is 7.75. The van der Waals surface area contributed by atoms with E-state index in [9.17, 15) is 14.9 Å². The lowest BCUT2D eigenvalue weighted by Gasteiger charge is -2.17. The number of aromatic amines is 1. The minimum absolute atomic E-state index is 0.0193. The van der Waals surface area contributed by atoms with E-state index in [4.69, 9.17) is 0 Å². The molecule has 0 saturated carbocycles. The van der Waals surface area contributed by atoms with Crippen molar-refractivity contribution in [2.24, 2.45) is 0 Å². The zero-order valence-electron chi connectivity index (χ0n) is 15.7. The average molecular weight is 405 g/mol. The first kappa shape index (κ1) is 18.9. The largest absolute Gasteiger partial charge is 0.361 e. The van der Waals surface area contributed by atoms with Crippen molar-refractivity contribution in [3.63, 3.8) is 0 Å². The molecule has 146 valence electrons. The van der Waals surface area contributed by atoms with Crippen LogP contribution in [0.4, 0.5) is 5.69 Å². The van der Waals surface area contributed by atoms with Crippen LogP contribution in [0.15, 0.2) is 66.2 Å². The maximum atomic E-state index is 12.8. The fourth-order valence-electron chi connectivity index (χ4n) is 3.59. The summed E-state index contributed by atoms with van der Waals surface area (Å²) in [7, 11) is 0. The molecule has 0 saturated heterocycles. The Kier molecular flexibility index (Phi) is 5.14. The predicted octanol–water partition coefficient (Wildman–Crippen LogP) is 5.01. The van der Waals surface area contributed by atoms with Crippen molar-refractivity contribution in [1.29, 1.82) is 0 Å². The number of benzene rings is 2. The van der Waals surface area contributed by atoms with Crippen molar-refractivity contribution in [3.05, 3.63) is 97.9 Å². The van der Waals surface area contributed by atoms with Gasteiger partial charge in [-0.15, -0.1) is 11.3 Å². The molecule has 7 heteroatoms. The number of nitrogens with one attached hydrogen (secondary N) is 2. The van der Waals surface area contributed by atoms with Crippen molar-refractivity contribution >= 4 is 33.8 Å². The molecule has 0 aliphatic carbocycles. The zero-order valence-corrected chi connectivity index (χ0v) is 16.5. The first-order chi connectivity index (χ1) is 14.1. The van der Waals surface area contributed by atoms with Gasteiger partial charge < -0.3 is 10.3 Å². The minimum atomic E-state index is -0.466. The molecular formula is C22H19N3O3S. The molecule has 2 aromatic heterocycles. The third-order valence-electron chi connectivity index (χ3n) is 5.10. The van der Waals surface area contributed by atoms with Gasteiger partial charge in [0.1, 0.15) is 0 Å². The number of nitrogens with zero attached hydrogens (tertiary/aromatic N) is 1. The first-order valence-corrected chi connectivity index (χ1v) is 10.1. The molecule has 29 heavy (non-hydrogen) atoms. The van der Waals surface area contributed by atoms with Gasteiger partial charge in [0.05, 0.1) is 4.92 Å². The smallest absolute Gasteiger partial charge is 0.273 e. The molecule has 1 amide bonds. The summed E-state index contributed by atoms with van der Waals surface area (Å²) in [6, 6.07) is 16.7.